The Morgan fingerprint density at radius 3 is 2.50 bits per heavy atom. The molecule has 0 radical (unpaired) electrons. The summed E-state index contributed by atoms with van der Waals surface area (Å²) < 4.78 is 2.10. The van der Waals surface area contributed by atoms with E-state index in [0.717, 1.165) is 62.3 Å². The number of nitrogen functional groups attached to an aromatic ring is 1. The molecule has 0 amide bonds. The van der Waals surface area contributed by atoms with Gasteiger partial charge >= 0.3 is 0 Å². The molecule has 2 aliphatic rings. The zero-order valence-corrected chi connectivity index (χ0v) is 12.8. The second-order valence-electron chi connectivity index (χ2n) is 6.28. The summed E-state index contributed by atoms with van der Waals surface area (Å²) in [7, 11) is 0. The third-order valence-electron chi connectivity index (χ3n) is 4.47. The predicted molar refractivity (Wildman–Crippen MR) is 83.0 cm³/mol. The van der Waals surface area contributed by atoms with Crippen molar-refractivity contribution in [3.8, 4) is 0 Å². The van der Waals surface area contributed by atoms with Crippen molar-refractivity contribution in [2.45, 2.75) is 39.7 Å². The normalized spacial score (nSPS) is 20.6. The fourth-order valence-electron chi connectivity index (χ4n) is 3.09. The van der Waals surface area contributed by atoms with Crippen LogP contribution in [0.3, 0.4) is 0 Å². The number of anilines is 2. The van der Waals surface area contributed by atoms with Crippen LogP contribution < -0.4 is 10.6 Å². The molecule has 1 saturated heterocycles. The standard InChI is InChI=1S/C15H27N5/c1-3-6-20-15(14(16)12(2)17-20)19-9-7-18(8-10-19)11-13-4-5-13/h13H,3-11,16H2,1-2H3. The Bertz CT molecular complexity index is 455. The van der Waals surface area contributed by atoms with Gasteiger partial charge in [0.15, 0.2) is 5.82 Å². The fraction of sp³-hybridized carbons (Fsp3) is 0.800. The van der Waals surface area contributed by atoms with Crippen LogP contribution in [0.25, 0.3) is 0 Å². The van der Waals surface area contributed by atoms with Crippen LogP contribution in [-0.2, 0) is 6.54 Å². The highest BCUT2D eigenvalue weighted by Crippen LogP contribution is 2.31. The second kappa shape index (κ2) is 5.64. The average Bonchev–Trinajstić information content (AvgIpc) is 3.20. The Morgan fingerprint density at radius 1 is 1.20 bits per heavy atom. The van der Waals surface area contributed by atoms with Gasteiger partial charge in [-0.05, 0) is 32.1 Å². The maximum absolute atomic E-state index is 6.25. The molecule has 112 valence electrons. The van der Waals surface area contributed by atoms with Crippen molar-refractivity contribution < 1.29 is 0 Å². The van der Waals surface area contributed by atoms with Crippen molar-refractivity contribution in [1.29, 1.82) is 0 Å². The van der Waals surface area contributed by atoms with Gasteiger partial charge in [0.25, 0.3) is 0 Å². The molecule has 20 heavy (non-hydrogen) atoms. The van der Waals surface area contributed by atoms with Crippen LogP contribution in [0.1, 0.15) is 31.9 Å². The van der Waals surface area contributed by atoms with Crippen LogP contribution >= 0.6 is 0 Å². The van der Waals surface area contributed by atoms with Crippen LogP contribution in [0.15, 0.2) is 0 Å². The average molecular weight is 277 g/mol. The molecule has 3 rings (SSSR count). The van der Waals surface area contributed by atoms with Gasteiger partial charge < -0.3 is 10.6 Å². The van der Waals surface area contributed by atoms with Gasteiger partial charge in [-0.15, -0.1) is 0 Å². The third-order valence-corrected chi connectivity index (χ3v) is 4.47. The SMILES string of the molecule is CCCn1nc(C)c(N)c1N1CCN(CC2CC2)CC1. The summed E-state index contributed by atoms with van der Waals surface area (Å²) in [5.41, 5.74) is 8.09. The smallest absolute Gasteiger partial charge is 0.150 e. The van der Waals surface area contributed by atoms with E-state index in [0.29, 0.717) is 0 Å². The number of hydrogen-bond donors (Lipinski definition) is 1. The number of aryl methyl sites for hydroxylation is 2. The Labute approximate surface area is 121 Å². The van der Waals surface area contributed by atoms with Crippen molar-refractivity contribution in [2.75, 3.05) is 43.4 Å². The first kappa shape index (κ1) is 13.7. The zero-order chi connectivity index (χ0) is 14.1. The zero-order valence-electron chi connectivity index (χ0n) is 12.8. The van der Waals surface area contributed by atoms with E-state index in [1.54, 1.807) is 0 Å². The van der Waals surface area contributed by atoms with Gasteiger partial charge in [-0.2, -0.15) is 5.10 Å². The highest BCUT2D eigenvalue weighted by molar-refractivity contribution is 5.66. The fourth-order valence-corrected chi connectivity index (χ4v) is 3.09. The summed E-state index contributed by atoms with van der Waals surface area (Å²) in [6.45, 7) is 10.9. The summed E-state index contributed by atoms with van der Waals surface area (Å²) in [6.07, 6.45) is 3.97. The number of aromatic nitrogens is 2. The molecule has 1 aliphatic carbocycles. The van der Waals surface area contributed by atoms with Crippen molar-refractivity contribution in [2.24, 2.45) is 5.92 Å². The summed E-state index contributed by atoms with van der Waals surface area (Å²) in [5, 5.41) is 4.59. The quantitative estimate of drug-likeness (QED) is 0.890. The molecule has 1 aliphatic heterocycles. The largest absolute Gasteiger partial charge is 0.394 e. The van der Waals surface area contributed by atoms with E-state index in [2.05, 4.69) is 26.5 Å². The summed E-state index contributed by atoms with van der Waals surface area (Å²) in [5.74, 6) is 2.13. The first-order valence-electron chi connectivity index (χ1n) is 7.99. The molecule has 0 aromatic carbocycles. The summed E-state index contributed by atoms with van der Waals surface area (Å²) >= 11 is 0. The van der Waals surface area contributed by atoms with Crippen molar-refractivity contribution in [1.82, 2.24) is 14.7 Å². The molecule has 0 bridgehead atoms. The molecule has 2 fully saturated rings. The predicted octanol–water partition coefficient (Wildman–Crippen LogP) is 1.72. The van der Waals surface area contributed by atoms with Crippen LogP contribution in [0.2, 0.25) is 0 Å². The van der Waals surface area contributed by atoms with Crippen molar-refractivity contribution in [3.63, 3.8) is 0 Å². The maximum Gasteiger partial charge on any atom is 0.150 e. The number of piperazine rings is 1. The molecular weight excluding hydrogens is 250 g/mol. The molecule has 2 N–H and O–H groups in total. The summed E-state index contributed by atoms with van der Waals surface area (Å²) in [6, 6.07) is 0. The Morgan fingerprint density at radius 2 is 1.90 bits per heavy atom. The highest BCUT2D eigenvalue weighted by Gasteiger charge is 2.28. The molecule has 5 nitrogen and oxygen atoms in total. The molecule has 0 atom stereocenters. The van der Waals surface area contributed by atoms with Gasteiger partial charge in [0, 0.05) is 39.3 Å². The molecule has 0 unspecified atom stereocenters. The van der Waals surface area contributed by atoms with Crippen LogP contribution in [0.5, 0.6) is 0 Å². The monoisotopic (exact) mass is 277 g/mol. The third kappa shape index (κ3) is 2.77. The molecule has 1 aromatic rings. The second-order valence-corrected chi connectivity index (χ2v) is 6.28. The maximum atomic E-state index is 6.25. The topological polar surface area (TPSA) is 50.3 Å². The minimum absolute atomic E-state index is 0.870. The van der Waals surface area contributed by atoms with E-state index in [-0.39, 0.29) is 0 Å². The van der Waals surface area contributed by atoms with E-state index in [9.17, 15) is 0 Å². The van der Waals surface area contributed by atoms with Crippen molar-refractivity contribution >= 4 is 11.5 Å². The van der Waals surface area contributed by atoms with E-state index in [1.165, 1.54) is 19.4 Å². The number of nitrogens with zero attached hydrogens (tertiary/aromatic N) is 4. The molecule has 2 heterocycles. The first-order valence-corrected chi connectivity index (χ1v) is 7.99. The Balaban J connectivity index is 1.67. The van der Waals surface area contributed by atoms with Crippen LogP contribution in [-0.4, -0.2) is 47.4 Å². The molecular formula is C15H27N5. The van der Waals surface area contributed by atoms with E-state index in [1.807, 2.05) is 6.92 Å². The molecule has 0 spiro atoms. The van der Waals surface area contributed by atoms with Gasteiger partial charge in [-0.1, -0.05) is 6.92 Å². The lowest BCUT2D eigenvalue weighted by molar-refractivity contribution is 0.247. The highest BCUT2D eigenvalue weighted by atomic mass is 15.4. The molecule has 5 heteroatoms. The Kier molecular flexibility index (Phi) is 3.87. The van der Waals surface area contributed by atoms with Crippen LogP contribution in [0.4, 0.5) is 11.5 Å². The van der Waals surface area contributed by atoms with Gasteiger partial charge in [0.05, 0.1) is 11.4 Å². The number of hydrogen-bond acceptors (Lipinski definition) is 4. The van der Waals surface area contributed by atoms with E-state index in [4.69, 9.17) is 5.73 Å². The number of rotatable bonds is 5. The minimum Gasteiger partial charge on any atom is -0.394 e. The first-order chi connectivity index (χ1) is 9.69. The van der Waals surface area contributed by atoms with Crippen molar-refractivity contribution in [3.05, 3.63) is 5.69 Å². The lowest BCUT2D eigenvalue weighted by Crippen LogP contribution is -2.47. The number of nitrogens with two attached hydrogens (primary N) is 1. The van der Waals surface area contributed by atoms with Gasteiger partial charge in [0.2, 0.25) is 0 Å². The minimum atomic E-state index is 0.870. The van der Waals surface area contributed by atoms with Gasteiger partial charge in [-0.25, -0.2) is 4.68 Å². The Hall–Kier alpha value is -1.23. The van der Waals surface area contributed by atoms with Gasteiger partial charge in [0.1, 0.15) is 0 Å². The van der Waals surface area contributed by atoms with E-state index < -0.39 is 0 Å². The molecule has 1 saturated carbocycles. The summed E-state index contributed by atoms with van der Waals surface area (Å²) in [4.78, 5) is 5.03. The van der Waals surface area contributed by atoms with Gasteiger partial charge in [-0.3, -0.25) is 4.90 Å². The molecule has 1 aromatic heterocycles. The van der Waals surface area contributed by atoms with E-state index >= 15 is 0 Å². The lowest BCUT2D eigenvalue weighted by atomic mass is 10.2. The van der Waals surface area contributed by atoms with Crippen LogP contribution in [0, 0.1) is 12.8 Å². The lowest BCUT2D eigenvalue weighted by Gasteiger charge is -2.36.